The van der Waals surface area contributed by atoms with Crippen molar-refractivity contribution in [2.24, 2.45) is 4.99 Å². The number of hydrogen-bond donors (Lipinski definition) is 2. The maximum atomic E-state index is 13.9. The summed E-state index contributed by atoms with van der Waals surface area (Å²) in [6.07, 6.45) is 3.11. The third kappa shape index (κ3) is 4.96. The summed E-state index contributed by atoms with van der Waals surface area (Å²) in [5.41, 5.74) is 2.10. The van der Waals surface area contributed by atoms with Gasteiger partial charge in [0.25, 0.3) is 0 Å². The Balaban J connectivity index is 0.00000225. The first-order valence-corrected chi connectivity index (χ1v) is 9.79. The molecule has 1 saturated carbocycles. The van der Waals surface area contributed by atoms with Crippen LogP contribution in [0.1, 0.15) is 30.7 Å². The van der Waals surface area contributed by atoms with Gasteiger partial charge < -0.3 is 15.5 Å². The lowest BCUT2D eigenvalue weighted by Gasteiger charge is -2.34. The largest absolute Gasteiger partial charge is 0.371 e. The standard InChI is InChI=1S/C22H27FN4.HI/c1-24-22(26-21-15-19(21)18-9-5-6-10-20(18)23)25-16-11-13-27(14-12-16)17-7-3-2-4-8-17;/h2-10,16,19,21H,11-15H2,1H3,(H2,24,25,26);1H. The second-order valence-corrected chi connectivity index (χ2v) is 7.43. The summed E-state index contributed by atoms with van der Waals surface area (Å²) in [7, 11) is 1.80. The van der Waals surface area contributed by atoms with Crippen LogP contribution < -0.4 is 15.5 Å². The van der Waals surface area contributed by atoms with Gasteiger partial charge in [0.15, 0.2) is 5.96 Å². The predicted molar refractivity (Wildman–Crippen MR) is 124 cm³/mol. The Bertz CT molecular complexity index is 790. The second-order valence-electron chi connectivity index (χ2n) is 7.43. The minimum Gasteiger partial charge on any atom is -0.371 e. The number of nitrogens with one attached hydrogen (secondary N) is 2. The summed E-state index contributed by atoms with van der Waals surface area (Å²) in [6.45, 7) is 2.08. The number of piperidine rings is 1. The Morgan fingerprint density at radius 1 is 1.00 bits per heavy atom. The number of halogens is 2. The molecule has 1 aliphatic heterocycles. The van der Waals surface area contributed by atoms with Crippen molar-refractivity contribution < 1.29 is 4.39 Å². The fourth-order valence-corrected chi connectivity index (χ4v) is 3.93. The molecule has 2 aromatic carbocycles. The minimum atomic E-state index is -0.108. The molecule has 0 spiro atoms. The van der Waals surface area contributed by atoms with Crippen LogP contribution in [0.3, 0.4) is 0 Å². The molecule has 2 aromatic rings. The van der Waals surface area contributed by atoms with Crippen molar-refractivity contribution >= 4 is 35.6 Å². The van der Waals surface area contributed by atoms with Crippen LogP contribution in [0.5, 0.6) is 0 Å². The molecule has 0 amide bonds. The average Bonchev–Trinajstić information content (AvgIpc) is 3.48. The summed E-state index contributed by atoms with van der Waals surface area (Å²) in [4.78, 5) is 6.81. The molecular formula is C22H28FIN4. The van der Waals surface area contributed by atoms with Crippen LogP contribution in [-0.2, 0) is 0 Å². The Labute approximate surface area is 183 Å². The van der Waals surface area contributed by atoms with Crippen molar-refractivity contribution in [3.63, 3.8) is 0 Å². The van der Waals surface area contributed by atoms with Crippen LogP contribution in [0, 0.1) is 5.82 Å². The van der Waals surface area contributed by atoms with Gasteiger partial charge in [-0.15, -0.1) is 24.0 Å². The fraction of sp³-hybridized carbons (Fsp3) is 0.409. The average molecular weight is 494 g/mol. The van der Waals surface area contributed by atoms with E-state index in [0.717, 1.165) is 43.9 Å². The molecule has 0 aromatic heterocycles. The van der Waals surface area contributed by atoms with E-state index in [0.29, 0.717) is 6.04 Å². The Morgan fingerprint density at radius 3 is 2.36 bits per heavy atom. The van der Waals surface area contributed by atoms with E-state index < -0.39 is 0 Å². The zero-order valence-corrected chi connectivity index (χ0v) is 18.5. The lowest BCUT2D eigenvalue weighted by atomic mass is 10.0. The number of rotatable bonds is 4. The van der Waals surface area contributed by atoms with Gasteiger partial charge in [-0.25, -0.2) is 4.39 Å². The lowest BCUT2D eigenvalue weighted by Crippen LogP contribution is -2.49. The molecule has 6 heteroatoms. The molecule has 1 heterocycles. The van der Waals surface area contributed by atoms with Gasteiger partial charge in [0.05, 0.1) is 0 Å². The van der Waals surface area contributed by atoms with Gasteiger partial charge in [0, 0.05) is 43.8 Å². The highest BCUT2D eigenvalue weighted by Gasteiger charge is 2.40. The van der Waals surface area contributed by atoms with Gasteiger partial charge in [-0.3, -0.25) is 4.99 Å². The first-order valence-electron chi connectivity index (χ1n) is 9.79. The van der Waals surface area contributed by atoms with Crippen molar-refractivity contribution in [3.8, 4) is 0 Å². The van der Waals surface area contributed by atoms with Gasteiger partial charge in [-0.05, 0) is 43.0 Å². The normalized spacial score (nSPS) is 22.4. The van der Waals surface area contributed by atoms with E-state index in [4.69, 9.17) is 0 Å². The van der Waals surface area contributed by atoms with Crippen molar-refractivity contribution in [3.05, 3.63) is 66.0 Å². The van der Waals surface area contributed by atoms with E-state index in [1.807, 2.05) is 12.1 Å². The first kappa shape index (κ1) is 20.9. The molecule has 2 N–H and O–H groups in total. The van der Waals surface area contributed by atoms with Gasteiger partial charge >= 0.3 is 0 Å². The number of nitrogens with zero attached hydrogens (tertiary/aromatic N) is 2. The molecule has 28 heavy (non-hydrogen) atoms. The molecular weight excluding hydrogens is 466 g/mol. The molecule has 1 aliphatic carbocycles. The summed E-state index contributed by atoms with van der Waals surface area (Å²) >= 11 is 0. The maximum absolute atomic E-state index is 13.9. The van der Waals surface area contributed by atoms with Gasteiger partial charge in [0.2, 0.25) is 0 Å². The van der Waals surface area contributed by atoms with E-state index >= 15 is 0 Å². The fourth-order valence-electron chi connectivity index (χ4n) is 3.93. The molecule has 2 aliphatic rings. The van der Waals surface area contributed by atoms with Crippen molar-refractivity contribution in [1.29, 1.82) is 0 Å². The highest BCUT2D eigenvalue weighted by Crippen LogP contribution is 2.41. The van der Waals surface area contributed by atoms with E-state index in [1.54, 1.807) is 13.1 Å². The number of anilines is 1. The smallest absolute Gasteiger partial charge is 0.191 e. The third-order valence-electron chi connectivity index (χ3n) is 5.60. The molecule has 1 saturated heterocycles. The monoisotopic (exact) mass is 494 g/mol. The molecule has 2 fully saturated rings. The Kier molecular flexibility index (Phi) is 7.15. The Morgan fingerprint density at radius 2 is 1.68 bits per heavy atom. The van der Waals surface area contributed by atoms with Crippen LogP contribution in [-0.4, -0.2) is 38.2 Å². The molecule has 4 nitrogen and oxygen atoms in total. The van der Waals surface area contributed by atoms with Crippen LogP contribution in [0.2, 0.25) is 0 Å². The summed E-state index contributed by atoms with van der Waals surface area (Å²) < 4.78 is 13.9. The number of benzene rings is 2. The summed E-state index contributed by atoms with van der Waals surface area (Å²) in [5.74, 6) is 0.963. The summed E-state index contributed by atoms with van der Waals surface area (Å²) in [5, 5.41) is 7.02. The van der Waals surface area contributed by atoms with Gasteiger partial charge in [-0.2, -0.15) is 0 Å². The molecule has 150 valence electrons. The third-order valence-corrected chi connectivity index (χ3v) is 5.60. The number of aliphatic imine (C=N–C) groups is 1. The number of para-hydroxylation sites is 1. The molecule has 2 atom stereocenters. The van der Waals surface area contributed by atoms with Crippen LogP contribution in [0.15, 0.2) is 59.6 Å². The van der Waals surface area contributed by atoms with Gasteiger partial charge in [-0.1, -0.05) is 36.4 Å². The first-order chi connectivity index (χ1) is 13.2. The molecule has 0 bridgehead atoms. The zero-order chi connectivity index (χ0) is 18.6. The van der Waals surface area contributed by atoms with E-state index in [9.17, 15) is 4.39 Å². The summed E-state index contributed by atoms with van der Waals surface area (Å²) in [6, 6.07) is 18.3. The van der Waals surface area contributed by atoms with E-state index in [1.165, 1.54) is 11.8 Å². The molecule has 4 rings (SSSR count). The maximum Gasteiger partial charge on any atom is 0.191 e. The van der Waals surface area contributed by atoms with E-state index in [-0.39, 0.29) is 41.8 Å². The molecule has 0 radical (unpaired) electrons. The Hall–Kier alpha value is -1.83. The topological polar surface area (TPSA) is 39.7 Å². The quantitative estimate of drug-likeness (QED) is 0.382. The highest BCUT2D eigenvalue weighted by molar-refractivity contribution is 14.0. The predicted octanol–water partition coefficient (Wildman–Crippen LogP) is 4.13. The number of hydrogen-bond acceptors (Lipinski definition) is 2. The van der Waals surface area contributed by atoms with E-state index in [2.05, 4.69) is 50.9 Å². The number of guanidine groups is 1. The molecule has 2 unspecified atom stereocenters. The minimum absolute atomic E-state index is 0. The highest BCUT2D eigenvalue weighted by atomic mass is 127. The zero-order valence-electron chi connectivity index (χ0n) is 16.1. The SMILES string of the molecule is CN=C(NC1CCN(c2ccccc2)CC1)NC1CC1c1ccccc1F.I. The van der Waals surface area contributed by atoms with Crippen LogP contribution >= 0.6 is 24.0 Å². The van der Waals surface area contributed by atoms with Crippen molar-refractivity contribution in [1.82, 2.24) is 10.6 Å². The van der Waals surface area contributed by atoms with Crippen molar-refractivity contribution in [2.75, 3.05) is 25.0 Å². The second kappa shape index (κ2) is 9.58. The van der Waals surface area contributed by atoms with Crippen LogP contribution in [0.4, 0.5) is 10.1 Å². The van der Waals surface area contributed by atoms with Gasteiger partial charge in [0.1, 0.15) is 5.82 Å². The van der Waals surface area contributed by atoms with Crippen molar-refractivity contribution in [2.45, 2.75) is 37.3 Å². The van der Waals surface area contributed by atoms with Crippen LogP contribution in [0.25, 0.3) is 0 Å². The lowest BCUT2D eigenvalue weighted by molar-refractivity contribution is 0.461.